The van der Waals surface area contributed by atoms with Crippen molar-refractivity contribution < 1.29 is 9.59 Å². The van der Waals surface area contributed by atoms with Crippen LogP contribution in [0.5, 0.6) is 0 Å². The monoisotopic (exact) mass is 304 g/mol. The summed E-state index contributed by atoms with van der Waals surface area (Å²) in [4.78, 5) is 30.0. The van der Waals surface area contributed by atoms with E-state index in [1.54, 1.807) is 6.92 Å². The summed E-state index contributed by atoms with van der Waals surface area (Å²) in [5.41, 5.74) is 2.98. The summed E-state index contributed by atoms with van der Waals surface area (Å²) in [5, 5.41) is 0. The number of aromatic amines is 1. The Labute approximate surface area is 133 Å². The maximum absolute atomic E-state index is 12.9. The van der Waals surface area contributed by atoms with E-state index < -0.39 is 0 Å². The van der Waals surface area contributed by atoms with Gasteiger partial charge in [-0.3, -0.25) is 9.59 Å². The van der Waals surface area contributed by atoms with Gasteiger partial charge in [0.15, 0.2) is 5.78 Å². The molecule has 0 bridgehead atoms. The second-order valence-electron chi connectivity index (χ2n) is 7.12. The number of piperidine rings is 1. The van der Waals surface area contributed by atoms with E-state index in [1.807, 2.05) is 25.7 Å². The zero-order valence-corrected chi connectivity index (χ0v) is 14.6. The lowest BCUT2D eigenvalue weighted by Gasteiger charge is -2.35. The molecule has 0 aliphatic carbocycles. The van der Waals surface area contributed by atoms with Crippen LogP contribution in [0.25, 0.3) is 0 Å². The first-order valence-electron chi connectivity index (χ1n) is 8.26. The number of hydrogen-bond acceptors (Lipinski definition) is 2. The van der Waals surface area contributed by atoms with E-state index in [2.05, 4.69) is 18.8 Å². The van der Waals surface area contributed by atoms with Crippen LogP contribution in [0.15, 0.2) is 0 Å². The van der Waals surface area contributed by atoms with Crippen LogP contribution < -0.4 is 0 Å². The lowest BCUT2D eigenvalue weighted by atomic mass is 9.88. The van der Waals surface area contributed by atoms with Crippen molar-refractivity contribution in [1.82, 2.24) is 9.88 Å². The van der Waals surface area contributed by atoms with Crippen molar-refractivity contribution in [3.63, 3.8) is 0 Å². The molecular weight excluding hydrogens is 276 g/mol. The van der Waals surface area contributed by atoms with Gasteiger partial charge in [0, 0.05) is 24.3 Å². The number of rotatable bonds is 3. The van der Waals surface area contributed by atoms with E-state index in [1.165, 1.54) is 0 Å². The molecule has 1 saturated heterocycles. The Morgan fingerprint density at radius 1 is 1.23 bits per heavy atom. The molecule has 0 radical (unpaired) electrons. The fraction of sp³-hybridized carbons (Fsp3) is 0.667. The Morgan fingerprint density at radius 3 is 2.36 bits per heavy atom. The Balaban J connectivity index is 2.38. The fourth-order valence-corrected chi connectivity index (χ4v) is 3.45. The van der Waals surface area contributed by atoms with Gasteiger partial charge in [-0.1, -0.05) is 27.7 Å². The Morgan fingerprint density at radius 2 is 1.86 bits per heavy atom. The summed E-state index contributed by atoms with van der Waals surface area (Å²) in [6.07, 6.45) is 1.04. The number of aryl methyl sites for hydroxylation is 1. The van der Waals surface area contributed by atoms with Crippen LogP contribution in [0.2, 0.25) is 0 Å². The number of ketones is 1. The second kappa shape index (κ2) is 6.27. The van der Waals surface area contributed by atoms with E-state index in [4.69, 9.17) is 0 Å². The molecule has 1 N–H and O–H groups in total. The van der Waals surface area contributed by atoms with Gasteiger partial charge in [-0.15, -0.1) is 0 Å². The van der Waals surface area contributed by atoms with Crippen LogP contribution in [-0.2, 0) is 0 Å². The topological polar surface area (TPSA) is 53.2 Å². The van der Waals surface area contributed by atoms with Crippen molar-refractivity contribution in [2.24, 2.45) is 11.8 Å². The van der Waals surface area contributed by atoms with E-state index in [0.29, 0.717) is 23.1 Å². The van der Waals surface area contributed by atoms with Crippen molar-refractivity contribution in [1.29, 1.82) is 0 Å². The summed E-state index contributed by atoms with van der Waals surface area (Å²) in [5.74, 6) is 1.38. The number of amides is 1. The maximum atomic E-state index is 12.9. The molecule has 4 heteroatoms. The third kappa shape index (κ3) is 2.96. The van der Waals surface area contributed by atoms with Gasteiger partial charge >= 0.3 is 0 Å². The standard InChI is InChI=1S/C18H28N2O2/c1-10(2)15-16(14(6)21)13(5)19-17(15)18(22)20-8-7-11(3)12(4)9-20/h10-12,19H,7-9H2,1-6H3. The van der Waals surface area contributed by atoms with Crippen molar-refractivity contribution >= 4 is 11.7 Å². The number of carbonyl (C=O) groups is 2. The average Bonchev–Trinajstić information content (AvgIpc) is 2.79. The minimum Gasteiger partial charge on any atom is -0.354 e. The highest BCUT2D eigenvalue weighted by atomic mass is 16.2. The SMILES string of the molecule is CC(=O)c1c(C)[nH]c(C(=O)N2CCC(C)C(C)C2)c1C(C)C. The number of hydrogen-bond donors (Lipinski definition) is 1. The summed E-state index contributed by atoms with van der Waals surface area (Å²) in [6.45, 7) is 13.6. The largest absolute Gasteiger partial charge is 0.354 e. The van der Waals surface area contributed by atoms with Crippen LogP contribution >= 0.6 is 0 Å². The maximum Gasteiger partial charge on any atom is 0.270 e. The molecule has 1 fully saturated rings. The van der Waals surface area contributed by atoms with Crippen LogP contribution in [0, 0.1) is 18.8 Å². The van der Waals surface area contributed by atoms with Crippen LogP contribution in [0.4, 0.5) is 0 Å². The second-order valence-corrected chi connectivity index (χ2v) is 7.12. The predicted octanol–water partition coefficient (Wildman–Crippen LogP) is 3.77. The third-order valence-corrected chi connectivity index (χ3v) is 4.99. The normalized spacial score (nSPS) is 22.2. The lowest BCUT2D eigenvalue weighted by molar-refractivity contribution is 0.0620. The highest BCUT2D eigenvalue weighted by molar-refractivity contribution is 6.03. The van der Waals surface area contributed by atoms with E-state index >= 15 is 0 Å². The van der Waals surface area contributed by atoms with Crippen LogP contribution in [0.1, 0.15) is 79.1 Å². The molecule has 0 spiro atoms. The first-order chi connectivity index (χ1) is 10.2. The molecule has 4 nitrogen and oxygen atoms in total. The van der Waals surface area contributed by atoms with Gasteiger partial charge in [0.1, 0.15) is 5.69 Å². The van der Waals surface area contributed by atoms with Crippen molar-refractivity contribution in [3.05, 3.63) is 22.5 Å². The summed E-state index contributed by atoms with van der Waals surface area (Å²) >= 11 is 0. The Bertz CT molecular complexity index is 586. The number of H-pyrrole nitrogens is 1. The van der Waals surface area contributed by atoms with Gasteiger partial charge in [-0.25, -0.2) is 0 Å². The molecule has 1 aliphatic heterocycles. The van der Waals surface area contributed by atoms with Crippen LogP contribution in [0.3, 0.4) is 0 Å². The number of likely N-dealkylation sites (tertiary alicyclic amines) is 1. The highest BCUT2D eigenvalue weighted by Crippen LogP contribution is 2.30. The molecular formula is C18H28N2O2. The third-order valence-electron chi connectivity index (χ3n) is 4.99. The highest BCUT2D eigenvalue weighted by Gasteiger charge is 2.31. The molecule has 1 aromatic rings. The predicted molar refractivity (Wildman–Crippen MR) is 88.5 cm³/mol. The zero-order chi connectivity index (χ0) is 16.6. The quantitative estimate of drug-likeness (QED) is 0.864. The van der Waals surface area contributed by atoms with Crippen molar-refractivity contribution in [2.45, 2.75) is 53.9 Å². The number of nitrogens with zero attached hydrogens (tertiary/aromatic N) is 1. The van der Waals surface area contributed by atoms with Gasteiger partial charge < -0.3 is 9.88 Å². The lowest BCUT2D eigenvalue weighted by Crippen LogP contribution is -2.42. The van der Waals surface area contributed by atoms with E-state index in [9.17, 15) is 9.59 Å². The zero-order valence-electron chi connectivity index (χ0n) is 14.6. The van der Waals surface area contributed by atoms with Crippen molar-refractivity contribution in [2.75, 3.05) is 13.1 Å². The number of carbonyl (C=O) groups excluding carboxylic acids is 2. The molecule has 2 heterocycles. The molecule has 0 saturated carbocycles. The van der Waals surface area contributed by atoms with Gasteiger partial charge in [0.05, 0.1) is 0 Å². The van der Waals surface area contributed by atoms with E-state index in [0.717, 1.165) is 30.8 Å². The molecule has 1 aromatic heterocycles. The molecule has 2 unspecified atom stereocenters. The van der Waals surface area contributed by atoms with Gasteiger partial charge in [0.25, 0.3) is 5.91 Å². The minimum absolute atomic E-state index is 0.0251. The number of aromatic nitrogens is 1. The minimum atomic E-state index is 0.0251. The van der Waals surface area contributed by atoms with Crippen molar-refractivity contribution in [3.8, 4) is 0 Å². The number of nitrogens with one attached hydrogen (secondary N) is 1. The Hall–Kier alpha value is -1.58. The number of Topliss-reactive ketones (excluding diaryl/α,β-unsaturated/α-hetero) is 1. The van der Waals surface area contributed by atoms with Gasteiger partial charge in [-0.05, 0) is 43.6 Å². The van der Waals surface area contributed by atoms with Gasteiger partial charge in [0.2, 0.25) is 0 Å². The molecule has 1 aliphatic rings. The van der Waals surface area contributed by atoms with Crippen LogP contribution in [-0.4, -0.2) is 34.7 Å². The molecule has 122 valence electrons. The molecule has 22 heavy (non-hydrogen) atoms. The van der Waals surface area contributed by atoms with Gasteiger partial charge in [-0.2, -0.15) is 0 Å². The fourth-order valence-electron chi connectivity index (χ4n) is 3.45. The smallest absolute Gasteiger partial charge is 0.270 e. The first-order valence-corrected chi connectivity index (χ1v) is 8.26. The summed E-state index contributed by atoms with van der Waals surface area (Å²) < 4.78 is 0. The molecule has 0 aromatic carbocycles. The Kier molecular flexibility index (Phi) is 4.78. The van der Waals surface area contributed by atoms with E-state index in [-0.39, 0.29) is 17.6 Å². The molecule has 2 rings (SSSR count). The summed E-state index contributed by atoms with van der Waals surface area (Å²) in [6, 6.07) is 0. The summed E-state index contributed by atoms with van der Waals surface area (Å²) in [7, 11) is 0. The molecule has 1 amide bonds. The average molecular weight is 304 g/mol. The molecule has 2 atom stereocenters. The first kappa shape index (κ1) is 16.8.